The summed E-state index contributed by atoms with van der Waals surface area (Å²) in [5, 5.41) is 0. The maximum Gasteiger partial charge on any atom is 0.240 e. The van der Waals surface area contributed by atoms with Crippen LogP contribution < -0.4 is 10.5 Å². The first-order valence-corrected chi connectivity index (χ1v) is 8.18. The van der Waals surface area contributed by atoms with Gasteiger partial charge in [0.15, 0.2) is 0 Å². The number of thiocarbonyl (C=S) groups is 1. The largest absolute Gasteiger partial charge is 0.389 e. The third-order valence-corrected chi connectivity index (χ3v) is 4.62. The van der Waals surface area contributed by atoms with Crippen molar-refractivity contribution >= 4 is 27.2 Å². The van der Waals surface area contributed by atoms with Crippen molar-refractivity contribution in [2.75, 3.05) is 20.6 Å². The molecule has 1 aromatic rings. The molecule has 0 fully saturated rings. The Balaban J connectivity index is 2.83. The Kier molecular flexibility index (Phi) is 6.07. The lowest BCUT2D eigenvalue weighted by Gasteiger charge is -2.17. The SMILES string of the molecule is CC(CCN(C)C)NS(=O)(=O)c1cccc(C(N)=S)c1. The van der Waals surface area contributed by atoms with Crippen molar-refractivity contribution in [3.63, 3.8) is 0 Å². The molecule has 0 aliphatic heterocycles. The maximum absolute atomic E-state index is 12.3. The van der Waals surface area contributed by atoms with E-state index in [1.807, 2.05) is 25.9 Å². The molecule has 1 aromatic carbocycles. The number of hydrogen-bond donors (Lipinski definition) is 2. The summed E-state index contributed by atoms with van der Waals surface area (Å²) in [6.45, 7) is 2.66. The van der Waals surface area contributed by atoms with E-state index >= 15 is 0 Å². The van der Waals surface area contributed by atoms with Gasteiger partial charge in [0.1, 0.15) is 4.99 Å². The average molecular weight is 315 g/mol. The fraction of sp³-hybridized carbons (Fsp3) is 0.462. The predicted octanol–water partition coefficient (Wildman–Crippen LogP) is 0.939. The van der Waals surface area contributed by atoms with Crippen LogP contribution in [0.25, 0.3) is 0 Å². The van der Waals surface area contributed by atoms with Crippen molar-refractivity contribution in [1.82, 2.24) is 9.62 Å². The van der Waals surface area contributed by atoms with E-state index in [9.17, 15) is 8.42 Å². The van der Waals surface area contributed by atoms with E-state index in [2.05, 4.69) is 4.72 Å². The topological polar surface area (TPSA) is 75.4 Å². The smallest absolute Gasteiger partial charge is 0.240 e. The van der Waals surface area contributed by atoms with E-state index in [-0.39, 0.29) is 15.9 Å². The first-order valence-electron chi connectivity index (χ1n) is 6.29. The molecular formula is C13H21N3O2S2. The molecule has 0 saturated heterocycles. The third-order valence-electron chi connectivity index (χ3n) is 2.79. The Morgan fingerprint density at radius 2 is 2.10 bits per heavy atom. The average Bonchev–Trinajstić information content (AvgIpc) is 2.36. The Morgan fingerprint density at radius 3 is 2.65 bits per heavy atom. The standard InChI is InChI=1S/C13H21N3O2S2/c1-10(7-8-16(2)3)15-20(17,18)12-6-4-5-11(9-12)13(14)19/h4-6,9-10,15H,7-8H2,1-3H3,(H2,14,19). The molecule has 0 amide bonds. The molecule has 1 rings (SSSR count). The Morgan fingerprint density at radius 1 is 1.45 bits per heavy atom. The number of nitrogens with two attached hydrogens (primary N) is 1. The monoisotopic (exact) mass is 315 g/mol. The molecule has 3 N–H and O–H groups in total. The number of benzene rings is 1. The van der Waals surface area contributed by atoms with Crippen molar-refractivity contribution < 1.29 is 8.42 Å². The van der Waals surface area contributed by atoms with Crippen LogP contribution in [0.15, 0.2) is 29.2 Å². The van der Waals surface area contributed by atoms with E-state index in [4.69, 9.17) is 18.0 Å². The molecule has 5 nitrogen and oxygen atoms in total. The highest BCUT2D eigenvalue weighted by Gasteiger charge is 2.18. The molecule has 7 heteroatoms. The lowest BCUT2D eigenvalue weighted by atomic mass is 10.2. The maximum atomic E-state index is 12.3. The van der Waals surface area contributed by atoms with Crippen LogP contribution in [0.4, 0.5) is 0 Å². The van der Waals surface area contributed by atoms with Gasteiger partial charge in [-0.05, 0) is 46.1 Å². The van der Waals surface area contributed by atoms with Gasteiger partial charge in [0, 0.05) is 11.6 Å². The first kappa shape index (κ1) is 17.0. The highest BCUT2D eigenvalue weighted by Crippen LogP contribution is 2.12. The number of nitrogens with one attached hydrogen (secondary N) is 1. The quantitative estimate of drug-likeness (QED) is 0.733. The van der Waals surface area contributed by atoms with Crippen molar-refractivity contribution in [3.8, 4) is 0 Å². The second-order valence-corrected chi connectivity index (χ2v) is 7.16. The summed E-state index contributed by atoms with van der Waals surface area (Å²) in [6.07, 6.45) is 0.737. The second-order valence-electron chi connectivity index (χ2n) is 5.01. The number of sulfonamides is 1. The molecule has 1 atom stereocenters. The van der Waals surface area contributed by atoms with Gasteiger partial charge in [0.2, 0.25) is 10.0 Å². The summed E-state index contributed by atoms with van der Waals surface area (Å²) < 4.78 is 27.2. The molecule has 1 unspecified atom stereocenters. The van der Waals surface area contributed by atoms with Crippen LogP contribution in [-0.2, 0) is 10.0 Å². The van der Waals surface area contributed by atoms with Crippen LogP contribution in [0.3, 0.4) is 0 Å². The zero-order valence-electron chi connectivity index (χ0n) is 12.0. The molecule has 0 saturated carbocycles. The molecule has 112 valence electrons. The van der Waals surface area contributed by atoms with Crippen molar-refractivity contribution in [1.29, 1.82) is 0 Å². The molecule has 20 heavy (non-hydrogen) atoms. The highest BCUT2D eigenvalue weighted by molar-refractivity contribution is 7.89. The van der Waals surface area contributed by atoms with Crippen molar-refractivity contribution in [2.45, 2.75) is 24.3 Å². The molecule has 0 bridgehead atoms. The van der Waals surface area contributed by atoms with E-state index in [1.54, 1.807) is 12.1 Å². The molecule has 0 radical (unpaired) electrons. The fourth-order valence-electron chi connectivity index (χ4n) is 1.66. The van der Waals surface area contributed by atoms with E-state index in [0.29, 0.717) is 5.56 Å². The van der Waals surface area contributed by atoms with Gasteiger partial charge in [-0.1, -0.05) is 24.4 Å². The minimum atomic E-state index is -3.55. The van der Waals surface area contributed by atoms with Crippen LogP contribution in [0.2, 0.25) is 0 Å². The van der Waals surface area contributed by atoms with Crippen LogP contribution in [0.5, 0.6) is 0 Å². The highest BCUT2D eigenvalue weighted by atomic mass is 32.2. The lowest BCUT2D eigenvalue weighted by Crippen LogP contribution is -2.34. The van der Waals surface area contributed by atoms with Crippen LogP contribution in [0, 0.1) is 0 Å². The molecular weight excluding hydrogens is 294 g/mol. The Bertz CT molecular complexity index is 571. The van der Waals surface area contributed by atoms with E-state index in [0.717, 1.165) is 13.0 Å². The van der Waals surface area contributed by atoms with Gasteiger partial charge in [0.05, 0.1) is 4.90 Å². The van der Waals surface area contributed by atoms with Gasteiger partial charge in [-0.2, -0.15) is 0 Å². The van der Waals surface area contributed by atoms with Crippen LogP contribution in [-0.4, -0.2) is 45.0 Å². The van der Waals surface area contributed by atoms with Crippen molar-refractivity contribution in [3.05, 3.63) is 29.8 Å². The normalized spacial score (nSPS) is 13.4. The molecule has 0 heterocycles. The summed E-state index contributed by atoms with van der Waals surface area (Å²) in [6, 6.07) is 6.20. The van der Waals surface area contributed by atoms with Crippen LogP contribution >= 0.6 is 12.2 Å². The summed E-state index contributed by atoms with van der Waals surface area (Å²) in [4.78, 5) is 2.38. The van der Waals surface area contributed by atoms with E-state index in [1.165, 1.54) is 12.1 Å². The summed E-state index contributed by atoms with van der Waals surface area (Å²) >= 11 is 4.86. The molecule has 0 spiro atoms. The summed E-state index contributed by atoms with van der Waals surface area (Å²) in [5.74, 6) is 0. The van der Waals surface area contributed by atoms with Gasteiger partial charge < -0.3 is 10.6 Å². The molecule has 0 aromatic heterocycles. The fourth-order valence-corrected chi connectivity index (χ4v) is 3.11. The van der Waals surface area contributed by atoms with Gasteiger partial charge in [-0.25, -0.2) is 13.1 Å². The lowest BCUT2D eigenvalue weighted by molar-refractivity contribution is 0.379. The number of nitrogens with zero attached hydrogens (tertiary/aromatic N) is 1. The van der Waals surface area contributed by atoms with Crippen LogP contribution in [0.1, 0.15) is 18.9 Å². The zero-order chi connectivity index (χ0) is 15.3. The number of rotatable bonds is 7. The van der Waals surface area contributed by atoms with Crippen molar-refractivity contribution in [2.24, 2.45) is 5.73 Å². The predicted molar refractivity (Wildman–Crippen MR) is 85.3 cm³/mol. The Hall–Kier alpha value is -1.02. The first-order chi connectivity index (χ1) is 9.22. The minimum Gasteiger partial charge on any atom is -0.389 e. The number of hydrogen-bond acceptors (Lipinski definition) is 4. The molecule has 0 aliphatic rings. The van der Waals surface area contributed by atoms with Gasteiger partial charge in [0.25, 0.3) is 0 Å². The van der Waals surface area contributed by atoms with Gasteiger partial charge >= 0.3 is 0 Å². The minimum absolute atomic E-state index is 0.143. The summed E-state index contributed by atoms with van der Waals surface area (Å²) in [5.41, 5.74) is 6.06. The molecule has 0 aliphatic carbocycles. The Labute approximate surface area is 126 Å². The summed E-state index contributed by atoms with van der Waals surface area (Å²) in [7, 11) is 0.355. The van der Waals surface area contributed by atoms with Gasteiger partial charge in [-0.3, -0.25) is 0 Å². The third kappa shape index (κ3) is 5.16. The van der Waals surface area contributed by atoms with E-state index < -0.39 is 10.0 Å². The zero-order valence-corrected chi connectivity index (χ0v) is 13.6. The second kappa shape index (κ2) is 7.12. The van der Waals surface area contributed by atoms with Gasteiger partial charge in [-0.15, -0.1) is 0 Å².